The van der Waals surface area contributed by atoms with Gasteiger partial charge in [0.05, 0.1) is 23.2 Å². The standard InChI is InChI=1S/C16H14F4N2O3S/c1-26(24,25)22(12-6-4-5-11(9-12)16(18,19)20)10-15(23)21-14-8-3-2-7-13(14)17/h2-9H,10H2,1H3,(H,21,23). The molecule has 0 fully saturated rings. The molecule has 140 valence electrons. The van der Waals surface area contributed by atoms with Gasteiger partial charge in [-0.1, -0.05) is 18.2 Å². The zero-order chi connectivity index (χ0) is 19.5. The molecule has 0 aliphatic heterocycles. The Hall–Kier alpha value is -2.62. The van der Waals surface area contributed by atoms with Gasteiger partial charge in [-0.25, -0.2) is 12.8 Å². The lowest BCUT2D eigenvalue weighted by Gasteiger charge is -2.22. The molecule has 5 nitrogen and oxygen atoms in total. The highest BCUT2D eigenvalue weighted by atomic mass is 32.2. The van der Waals surface area contributed by atoms with Crippen LogP contribution in [0.1, 0.15) is 5.56 Å². The fraction of sp³-hybridized carbons (Fsp3) is 0.188. The van der Waals surface area contributed by atoms with Crippen molar-refractivity contribution in [2.75, 3.05) is 22.4 Å². The van der Waals surface area contributed by atoms with Crippen LogP contribution < -0.4 is 9.62 Å². The molecule has 0 atom stereocenters. The van der Waals surface area contributed by atoms with Gasteiger partial charge in [-0.15, -0.1) is 0 Å². The lowest BCUT2D eigenvalue weighted by atomic mass is 10.2. The molecule has 0 saturated heterocycles. The van der Waals surface area contributed by atoms with Gasteiger partial charge in [0.1, 0.15) is 12.4 Å². The summed E-state index contributed by atoms with van der Waals surface area (Å²) < 4.78 is 76.4. The largest absolute Gasteiger partial charge is 0.416 e. The molecule has 0 bridgehead atoms. The molecule has 0 spiro atoms. The zero-order valence-electron chi connectivity index (χ0n) is 13.4. The van der Waals surface area contributed by atoms with Crippen LogP contribution in [0.3, 0.4) is 0 Å². The second-order valence-electron chi connectivity index (χ2n) is 5.35. The summed E-state index contributed by atoms with van der Waals surface area (Å²) in [5.74, 6) is -1.64. The van der Waals surface area contributed by atoms with Crippen molar-refractivity contribution in [3.8, 4) is 0 Å². The highest BCUT2D eigenvalue weighted by molar-refractivity contribution is 7.92. The predicted octanol–water partition coefficient (Wildman–Crippen LogP) is 3.25. The Bertz CT molecular complexity index is 914. The van der Waals surface area contributed by atoms with Gasteiger partial charge in [0, 0.05) is 0 Å². The maximum absolute atomic E-state index is 13.6. The minimum Gasteiger partial charge on any atom is -0.322 e. The number of alkyl halides is 3. The molecular formula is C16H14F4N2O3S. The Kier molecular flexibility index (Phi) is 5.55. The molecule has 1 N–H and O–H groups in total. The van der Waals surface area contributed by atoms with Crippen LogP contribution in [0.2, 0.25) is 0 Å². The average molecular weight is 390 g/mol. The number of para-hydroxylation sites is 1. The first-order chi connectivity index (χ1) is 12.0. The van der Waals surface area contributed by atoms with E-state index in [9.17, 15) is 30.8 Å². The van der Waals surface area contributed by atoms with E-state index in [1.54, 1.807) is 0 Å². The summed E-state index contributed by atoms with van der Waals surface area (Å²) in [6.07, 6.45) is -3.92. The molecule has 1 amide bonds. The maximum atomic E-state index is 13.6. The quantitative estimate of drug-likeness (QED) is 0.797. The van der Waals surface area contributed by atoms with Gasteiger partial charge in [0.15, 0.2) is 0 Å². The summed E-state index contributed by atoms with van der Waals surface area (Å²) in [4.78, 5) is 12.1. The predicted molar refractivity (Wildman–Crippen MR) is 88.7 cm³/mol. The second kappa shape index (κ2) is 7.32. The Morgan fingerprint density at radius 1 is 1.12 bits per heavy atom. The third kappa shape index (κ3) is 4.94. The summed E-state index contributed by atoms with van der Waals surface area (Å²) in [6.45, 7) is -0.811. The minimum absolute atomic E-state index is 0.171. The molecule has 0 heterocycles. The summed E-state index contributed by atoms with van der Waals surface area (Å²) in [7, 11) is -4.07. The van der Waals surface area contributed by atoms with E-state index in [0.717, 1.165) is 30.5 Å². The molecule has 0 radical (unpaired) electrons. The monoisotopic (exact) mass is 390 g/mol. The Labute approximate surface area is 147 Å². The molecule has 2 aromatic carbocycles. The van der Waals surface area contributed by atoms with Gasteiger partial charge in [-0.2, -0.15) is 13.2 Å². The van der Waals surface area contributed by atoms with E-state index in [2.05, 4.69) is 5.32 Å². The van der Waals surface area contributed by atoms with Crippen molar-refractivity contribution in [3.63, 3.8) is 0 Å². The van der Waals surface area contributed by atoms with Crippen LogP contribution in [-0.2, 0) is 21.0 Å². The van der Waals surface area contributed by atoms with Crippen LogP contribution in [0.15, 0.2) is 48.5 Å². The zero-order valence-corrected chi connectivity index (χ0v) is 14.2. The lowest BCUT2D eigenvalue weighted by molar-refractivity contribution is -0.137. The van der Waals surface area contributed by atoms with Crippen molar-refractivity contribution in [2.24, 2.45) is 0 Å². The molecule has 0 saturated carbocycles. The number of carbonyl (C=O) groups excluding carboxylic acids is 1. The fourth-order valence-electron chi connectivity index (χ4n) is 2.12. The van der Waals surface area contributed by atoms with Crippen LogP contribution in [0.4, 0.5) is 28.9 Å². The second-order valence-corrected chi connectivity index (χ2v) is 7.25. The van der Waals surface area contributed by atoms with Crippen LogP contribution >= 0.6 is 0 Å². The van der Waals surface area contributed by atoms with Crippen LogP contribution in [0.5, 0.6) is 0 Å². The summed E-state index contributed by atoms with van der Waals surface area (Å²) in [5, 5.41) is 2.19. The molecular weight excluding hydrogens is 376 g/mol. The van der Waals surface area contributed by atoms with Crippen molar-refractivity contribution >= 4 is 27.3 Å². The van der Waals surface area contributed by atoms with Crippen molar-refractivity contribution in [1.29, 1.82) is 0 Å². The molecule has 2 rings (SSSR count). The number of hydrogen-bond acceptors (Lipinski definition) is 3. The van der Waals surface area contributed by atoms with Gasteiger partial charge >= 0.3 is 6.18 Å². The summed E-state index contributed by atoms with van der Waals surface area (Å²) >= 11 is 0. The first kappa shape index (κ1) is 19.7. The Morgan fingerprint density at radius 2 is 1.77 bits per heavy atom. The van der Waals surface area contributed by atoms with E-state index < -0.39 is 40.0 Å². The normalized spacial score (nSPS) is 11.9. The number of nitrogens with zero attached hydrogens (tertiary/aromatic N) is 1. The number of sulfonamides is 1. The van der Waals surface area contributed by atoms with Gasteiger partial charge in [-0.3, -0.25) is 9.10 Å². The number of nitrogens with one attached hydrogen (secondary N) is 1. The molecule has 0 aliphatic carbocycles. The SMILES string of the molecule is CS(=O)(=O)N(CC(=O)Nc1ccccc1F)c1cccc(C(F)(F)F)c1. The molecule has 2 aromatic rings. The van der Waals surface area contributed by atoms with Crippen LogP contribution in [0, 0.1) is 5.82 Å². The van der Waals surface area contributed by atoms with E-state index in [1.807, 2.05) is 0 Å². The van der Waals surface area contributed by atoms with Crippen LogP contribution in [-0.4, -0.2) is 27.1 Å². The molecule has 0 unspecified atom stereocenters. The van der Waals surface area contributed by atoms with Crippen molar-refractivity contribution in [2.45, 2.75) is 6.18 Å². The Balaban J connectivity index is 2.29. The third-order valence-electron chi connectivity index (χ3n) is 3.30. The first-order valence-electron chi connectivity index (χ1n) is 7.18. The third-order valence-corrected chi connectivity index (χ3v) is 4.44. The van der Waals surface area contributed by atoms with E-state index in [-0.39, 0.29) is 11.4 Å². The molecule has 26 heavy (non-hydrogen) atoms. The topological polar surface area (TPSA) is 66.5 Å². The van der Waals surface area contributed by atoms with E-state index in [1.165, 1.54) is 18.2 Å². The lowest BCUT2D eigenvalue weighted by Crippen LogP contribution is -2.37. The first-order valence-corrected chi connectivity index (χ1v) is 9.02. The minimum atomic E-state index is -4.67. The number of benzene rings is 2. The van der Waals surface area contributed by atoms with E-state index in [4.69, 9.17) is 0 Å². The maximum Gasteiger partial charge on any atom is 0.416 e. The van der Waals surface area contributed by atoms with Crippen molar-refractivity contribution in [3.05, 3.63) is 59.9 Å². The number of amides is 1. The highest BCUT2D eigenvalue weighted by Crippen LogP contribution is 2.32. The van der Waals surface area contributed by atoms with E-state index >= 15 is 0 Å². The smallest absolute Gasteiger partial charge is 0.322 e. The van der Waals surface area contributed by atoms with Gasteiger partial charge in [0.2, 0.25) is 15.9 Å². The Morgan fingerprint density at radius 3 is 2.35 bits per heavy atom. The van der Waals surface area contributed by atoms with Crippen LogP contribution in [0.25, 0.3) is 0 Å². The number of halogens is 4. The van der Waals surface area contributed by atoms with Crippen molar-refractivity contribution < 1.29 is 30.8 Å². The number of rotatable bonds is 5. The van der Waals surface area contributed by atoms with E-state index in [0.29, 0.717) is 10.4 Å². The number of hydrogen-bond donors (Lipinski definition) is 1. The van der Waals surface area contributed by atoms with Gasteiger partial charge in [-0.05, 0) is 30.3 Å². The summed E-state index contributed by atoms with van der Waals surface area (Å²) in [6, 6.07) is 8.79. The summed E-state index contributed by atoms with van der Waals surface area (Å²) in [5.41, 5.74) is -1.56. The fourth-order valence-corrected chi connectivity index (χ4v) is 2.97. The van der Waals surface area contributed by atoms with Gasteiger partial charge in [0.25, 0.3) is 0 Å². The number of carbonyl (C=O) groups is 1. The molecule has 0 aliphatic rings. The van der Waals surface area contributed by atoms with Crippen molar-refractivity contribution in [1.82, 2.24) is 0 Å². The highest BCUT2D eigenvalue weighted by Gasteiger charge is 2.32. The molecule has 10 heteroatoms. The molecule has 0 aromatic heterocycles. The number of anilines is 2. The average Bonchev–Trinajstić information content (AvgIpc) is 2.53. The van der Waals surface area contributed by atoms with Gasteiger partial charge < -0.3 is 5.32 Å².